The molecule has 0 atom stereocenters. The summed E-state index contributed by atoms with van der Waals surface area (Å²) in [6, 6.07) is 17.2. The minimum atomic E-state index is -0.190. The summed E-state index contributed by atoms with van der Waals surface area (Å²) in [7, 11) is 0. The topological polar surface area (TPSA) is 46.9 Å². The van der Waals surface area contributed by atoms with Crippen LogP contribution < -0.4 is 5.32 Å². The number of amides is 1. The summed E-state index contributed by atoms with van der Waals surface area (Å²) >= 11 is 1.53. The van der Waals surface area contributed by atoms with Gasteiger partial charge in [0.05, 0.1) is 11.4 Å². The average Bonchev–Trinajstić information content (AvgIpc) is 3.01. The molecule has 25 heavy (non-hydrogen) atoms. The van der Waals surface area contributed by atoms with Crippen molar-refractivity contribution >= 4 is 23.5 Å². The van der Waals surface area contributed by atoms with Gasteiger partial charge in [0.2, 0.25) is 0 Å². The number of carbonyl (C=O) groups excluding carboxylic acids is 1. The molecule has 0 saturated carbocycles. The van der Waals surface area contributed by atoms with E-state index in [-0.39, 0.29) is 5.91 Å². The SMILES string of the molecule is C#CCSc1cccc(C(=O)Nc2nn(-c3ccccc3)cc2C)c1. The Morgan fingerprint density at radius 1 is 1.24 bits per heavy atom. The van der Waals surface area contributed by atoms with Crippen molar-refractivity contribution in [2.75, 3.05) is 11.1 Å². The lowest BCUT2D eigenvalue weighted by atomic mass is 10.2. The molecule has 3 rings (SSSR count). The molecular weight excluding hydrogens is 330 g/mol. The summed E-state index contributed by atoms with van der Waals surface area (Å²) in [5.41, 5.74) is 2.42. The van der Waals surface area contributed by atoms with Gasteiger partial charge in [0.15, 0.2) is 5.82 Å². The van der Waals surface area contributed by atoms with Crippen LogP contribution in [0.3, 0.4) is 0 Å². The Balaban J connectivity index is 1.78. The maximum Gasteiger partial charge on any atom is 0.256 e. The van der Waals surface area contributed by atoms with Gasteiger partial charge in [-0.15, -0.1) is 23.3 Å². The number of hydrogen-bond acceptors (Lipinski definition) is 3. The third-order valence-corrected chi connectivity index (χ3v) is 4.47. The lowest BCUT2D eigenvalue weighted by molar-refractivity contribution is 0.102. The number of nitrogens with zero attached hydrogens (tertiary/aromatic N) is 2. The standard InChI is InChI=1S/C20H17N3OS/c1-3-12-25-18-11-7-8-16(13-18)20(24)21-19-15(2)14-23(22-19)17-9-5-4-6-10-17/h1,4-11,13-14H,12H2,2H3,(H,21,22,24). The molecule has 1 aromatic heterocycles. The first-order valence-electron chi connectivity index (χ1n) is 7.77. The molecule has 0 aliphatic heterocycles. The second-order valence-corrected chi connectivity index (χ2v) is 6.46. The Labute approximate surface area is 151 Å². The highest BCUT2D eigenvalue weighted by Crippen LogP contribution is 2.20. The average molecular weight is 347 g/mol. The van der Waals surface area contributed by atoms with E-state index in [1.807, 2.05) is 61.7 Å². The molecular formula is C20H17N3OS. The molecule has 1 N–H and O–H groups in total. The summed E-state index contributed by atoms with van der Waals surface area (Å²) in [5.74, 6) is 3.52. The number of terminal acetylenes is 1. The first kappa shape index (κ1) is 16.9. The molecule has 0 unspecified atom stereocenters. The molecule has 3 aromatic rings. The number of carbonyl (C=O) groups is 1. The maximum atomic E-state index is 12.5. The fourth-order valence-electron chi connectivity index (χ4n) is 2.33. The van der Waals surface area contributed by atoms with Gasteiger partial charge in [0, 0.05) is 22.2 Å². The van der Waals surface area contributed by atoms with E-state index >= 15 is 0 Å². The van der Waals surface area contributed by atoms with Gasteiger partial charge in [0.25, 0.3) is 5.91 Å². The molecule has 0 spiro atoms. The number of benzene rings is 2. The predicted octanol–water partition coefficient (Wildman–Crippen LogP) is 4.16. The number of para-hydroxylation sites is 1. The molecule has 0 saturated heterocycles. The van der Waals surface area contributed by atoms with Crippen molar-refractivity contribution in [2.24, 2.45) is 0 Å². The van der Waals surface area contributed by atoms with Crippen LogP contribution >= 0.6 is 11.8 Å². The Morgan fingerprint density at radius 3 is 2.80 bits per heavy atom. The summed E-state index contributed by atoms with van der Waals surface area (Å²) in [6.07, 6.45) is 7.18. The van der Waals surface area contributed by atoms with Crippen molar-refractivity contribution in [3.63, 3.8) is 0 Å². The number of aromatic nitrogens is 2. The van der Waals surface area contributed by atoms with Crippen LogP contribution in [0, 0.1) is 19.3 Å². The number of aryl methyl sites for hydroxylation is 1. The van der Waals surface area contributed by atoms with E-state index in [1.54, 1.807) is 10.7 Å². The van der Waals surface area contributed by atoms with Gasteiger partial charge in [-0.3, -0.25) is 4.79 Å². The highest BCUT2D eigenvalue weighted by molar-refractivity contribution is 7.99. The highest BCUT2D eigenvalue weighted by Gasteiger charge is 2.12. The summed E-state index contributed by atoms with van der Waals surface area (Å²) in [4.78, 5) is 13.5. The van der Waals surface area contributed by atoms with Crippen LogP contribution in [0.1, 0.15) is 15.9 Å². The van der Waals surface area contributed by atoms with Gasteiger partial charge >= 0.3 is 0 Å². The fraction of sp³-hybridized carbons (Fsp3) is 0.100. The van der Waals surface area contributed by atoms with Gasteiger partial charge in [-0.25, -0.2) is 4.68 Å². The molecule has 124 valence electrons. The molecule has 0 aliphatic carbocycles. The lowest BCUT2D eigenvalue weighted by Gasteiger charge is -2.05. The Kier molecular flexibility index (Phi) is 5.22. The number of hydrogen-bond donors (Lipinski definition) is 1. The Hall–Kier alpha value is -2.97. The van der Waals surface area contributed by atoms with Crippen molar-refractivity contribution in [3.8, 4) is 18.0 Å². The minimum absolute atomic E-state index is 0.190. The first-order valence-corrected chi connectivity index (χ1v) is 8.75. The van der Waals surface area contributed by atoms with Crippen molar-refractivity contribution in [3.05, 3.63) is 71.9 Å². The van der Waals surface area contributed by atoms with E-state index in [9.17, 15) is 4.79 Å². The molecule has 0 bridgehead atoms. The minimum Gasteiger partial charge on any atom is -0.305 e. The molecule has 0 fully saturated rings. The van der Waals surface area contributed by atoms with E-state index in [4.69, 9.17) is 6.42 Å². The van der Waals surface area contributed by atoms with Crippen molar-refractivity contribution in [1.29, 1.82) is 0 Å². The second kappa shape index (κ2) is 7.73. The predicted molar refractivity (Wildman–Crippen MR) is 102 cm³/mol. The third-order valence-electron chi connectivity index (χ3n) is 3.57. The smallest absolute Gasteiger partial charge is 0.256 e. The molecule has 0 radical (unpaired) electrons. The summed E-state index contributed by atoms with van der Waals surface area (Å²) < 4.78 is 1.75. The Bertz CT molecular complexity index is 926. The van der Waals surface area contributed by atoms with E-state index < -0.39 is 0 Å². The molecule has 2 aromatic carbocycles. The monoisotopic (exact) mass is 347 g/mol. The van der Waals surface area contributed by atoms with Gasteiger partial charge in [-0.05, 0) is 37.3 Å². The van der Waals surface area contributed by atoms with Crippen LogP contribution in [0.5, 0.6) is 0 Å². The maximum absolute atomic E-state index is 12.5. The van der Waals surface area contributed by atoms with Crippen LogP contribution in [0.25, 0.3) is 5.69 Å². The molecule has 1 heterocycles. The van der Waals surface area contributed by atoms with Crippen LogP contribution in [-0.2, 0) is 0 Å². The van der Waals surface area contributed by atoms with Crippen LogP contribution in [0.15, 0.2) is 65.7 Å². The van der Waals surface area contributed by atoms with E-state index in [0.717, 1.165) is 16.1 Å². The molecule has 4 nitrogen and oxygen atoms in total. The van der Waals surface area contributed by atoms with Gasteiger partial charge in [-0.1, -0.05) is 30.2 Å². The first-order chi connectivity index (χ1) is 12.2. The lowest BCUT2D eigenvalue weighted by Crippen LogP contribution is -2.13. The van der Waals surface area contributed by atoms with Crippen LogP contribution in [0.4, 0.5) is 5.82 Å². The summed E-state index contributed by atoms with van der Waals surface area (Å²) in [5, 5.41) is 7.35. The second-order valence-electron chi connectivity index (χ2n) is 5.42. The van der Waals surface area contributed by atoms with E-state index in [0.29, 0.717) is 17.1 Å². The van der Waals surface area contributed by atoms with Crippen molar-refractivity contribution in [1.82, 2.24) is 9.78 Å². The van der Waals surface area contributed by atoms with E-state index in [2.05, 4.69) is 16.3 Å². The molecule has 5 heteroatoms. The van der Waals surface area contributed by atoms with Crippen LogP contribution in [0.2, 0.25) is 0 Å². The number of anilines is 1. The number of rotatable bonds is 5. The van der Waals surface area contributed by atoms with Crippen molar-refractivity contribution < 1.29 is 4.79 Å². The van der Waals surface area contributed by atoms with Gasteiger partial charge < -0.3 is 5.32 Å². The zero-order valence-electron chi connectivity index (χ0n) is 13.8. The Morgan fingerprint density at radius 2 is 2.04 bits per heavy atom. The molecule has 0 aliphatic rings. The third kappa shape index (κ3) is 4.11. The number of nitrogens with one attached hydrogen (secondary N) is 1. The van der Waals surface area contributed by atoms with Crippen molar-refractivity contribution in [2.45, 2.75) is 11.8 Å². The zero-order valence-corrected chi connectivity index (χ0v) is 14.6. The molecule has 1 amide bonds. The largest absolute Gasteiger partial charge is 0.305 e. The normalized spacial score (nSPS) is 10.2. The van der Waals surface area contributed by atoms with Gasteiger partial charge in [0.1, 0.15) is 0 Å². The van der Waals surface area contributed by atoms with E-state index in [1.165, 1.54) is 11.8 Å². The number of thioether (sulfide) groups is 1. The summed E-state index contributed by atoms with van der Waals surface area (Å²) in [6.45, 7) is 1.92. The van der Waals surface area contributed by atoms with Crippen LogP contribution in [-0.4, -0.2) is 21.4 Å². The zero-order chi connectivity index (χ0) is 17.6. The highest BCUT2D eigenvalue weighted by atomic mass is 32.2. The quantitative estimate of drug-likeness (QED) is 0.557. The van der Waals surface area contributed by atoms with Gasteiger partial charge in [-0.2, -0.15) is 0 Å². The fourth-order valence-corrected chi connectivity index (χ4v) is 2.96.